The Bertz CT molecular complexity index is 172. The number of rotatable bonds is 3. The molecule has 2 atom stereocenters. The Morgan fingerprint density at radius 1 is 1.00 bits per heavy atom. The van der Waals surface area contributed by atoms with Crippen LogP contribution in [0.1, 0.15) is 51.4 Å². The van der Waals surface area contributed by atoms with E-state index in [4.69, 9.17) is 10.6 Å². The smallest absolute Gasteiger partial charge is 0.0745 e. The van der Waals surface area contributed by atoms with E-state index in [1.807, 2.05) is 0 Å². The van der Waals surface area contributed by atoms with Crippen LogP contribution in [-0.4, -0.2) is 18.8 Å². The molecule has 2 rings (SSSR count). The fourth-order valence-corrected chi connectivity index (χ4v) is 3.10. The molecule has 3 N–H and O–H groups in total. The summed E-state index contributed by atoms with van der Waals surface area (Å²) in [6, 6.07) is 0.394. The van der Waals surface area contributed by atoms with E-state index in [-0.39, 0.29) is 0 Å². The van der Waals surface area contributed by atoms with Crippen molar-refractivity contribution in [2.45, 2.75) is 63.5 Å². The van der Waals surface area contributed by atoms with Crippen LogP contribution >= 0.6 is 0 Å². The van der Waals surface area contributed by atoms with Crippen molar-refractivity contribution < 1.29 is 4.74 Å². The highest BCUT2D eigenvalue weighted by Crippen LogP contribution is 2.30. The zero-order chi connectivity index (χ0) is 10.5. The van der Waals surface area contributed by atoms with Crippen molar-refractivity contribution in [3.63, 3.8) is 0 Å². The normalized spacial score (nSPS) is 31.4. The van der Waals surface area contributed by atoms with Crippen molar-refractivity contribution in [3.05, 3.63) is 0 Å². The van der Waals surface area contributed by atoms with Crippen molar-refractivity contribution in [2.24, 2.45) is 11.8 Å². The van der Waals surface area contributed by atoms with Gasteiger partial charge in [0, 0.05) is 6.61 Å². The molecule has 0 amide bonds. The summed E-state index contributed by atoms with van der Waals surface area (Å²) < 4.78 is 5.76. The minimum Gasteiger partial charge on any atom is -0.377 e. The van der Waals surface area contributed by atoms with E-state index in [1.165, 1.54) is 51.4 Å². The monoisotopic (exact) mass is 212 g/mol. The predicted molar refractivity (Wildman–Crippen MR) is 61.3 cm³/mol. The van der Waals surface area contributed by atoms with Gasteiger partial charge < -0.3 is 4.74 Å². The third-order valence-corrected chi connectivity index (χ3v) is 3.97. The molecule has 2 unspecified atom stereocenters. The number of nitrogens with one attached hydrogen (secondary N) is 1. The summed E-state index contributed by atoms with van der Waals surface area (Å²) in [5.74, 6) is 6.44. The quantitative estimate of drug-likeness (QED) is 0.427. The summed E-state index contributed by atoms with van der Waals surface area (Å²) in [5, 5.41) is 0. The molecule has 1 aliphatic carbocycles. The van der Waals surface area contributed by atoms with Gasteiger partial charge in [0.25, 0.3) is 0 Å². The molecule has 0 aromatic carbocycles. The number of nitrogens with two attached hydrogens (primary N) is 1. The van der Waals surface area contributed by atoms with Crippen LogP contribution in [-0.2, 0) is 4.74 Å². The van der Waals surface area contributed by atoms with Crippen LogP contribution in [0.5, 0.6) is 0 Å². The van der Waals surface area contributed by atoms with Gasteiger partial charge in [-0.05, 0) is 31.6 Å². The Morgan fingerprint density at radius 2 is 1.73 bits per heavy atom. The van der Waals surface area contributed by atoms with Crippen LogP contribution in [0.15, 0.2) is 0 Å². The van der Waals surface area contributed by atoms with Gasteiger partial charge in [-0.1, -0.05) is 25.7 Å². The van der Waals surface area contributed by atoms with Crippen LogP contribution in [0.2, 0.25) is 0 Å². The molecule has 0 radical (unpaired) electrons. The molecule has 15 heavy (non-hydrogen) atoms. The van der Waals surface area contributed by atoms with Gasteiger partial charge in [-0.3, -0.25) is 11.3 Å². The number of hydrazine groups is 1. The van der Waals surface area contributed by atoms with E-state index >= 15 is 0 Å². The van der Waals surface area contributed by atoms with Crippen molar-refractivity contribution in [1.29, 1.82) is 0 Å². The van der Waals surface area contributed by atoms with Crippen molar-refractivity contribution in [3.8, 4) is 0 Å². The minimum absolute atomic E-state index is 0.373. The second-order valence-electron chi connectivity index (χ2n) is 5.00. The highest BCUT2D eigenvalue weighted by atomic mass is 16.5. The maximum absolute atomic E-state index is 5.76. The van der Waals surface area contributed by atoms with E-state index in [2.05, 4.69) is 5.43 Å². The van der Waals surface area contributed by atoms with Crippen molar-refractivity contribution >= 4 is 0 Å². The average Bonchev–Trinajstić information content (AvgIpc) is 2.63. The molecular formula is C12H24N2O. The lowest BCUT2D eigenvalue weighted by Gasteiger charge is -2.29. The molecule has 1 saturated heterocycles. The number of hydrogen-bond acceptors (Lipinski definition) is 3. The molecule has 1 saturated carbocycles. The summed E-state index contributed by atoms with van der Waals surface area (Å²) >= 11 is 0. The van der Waals surface area contributed by atoms with Crippen molar-refractivity contribution in [2.75, 3.05) is 6.61 Å². The third kappa shape index (κ3) is 2.92. The van der Waals surface area contributed by atoms with E-state index < -0.39 is 0 Å². The first-order valence-electron chi connectivity index (χ1n) is 6.49. The molecular weight excluding hydrogens is 188 g/mol. The lowest BCUT2D eigenvalue weighted by molar-refractivity contribution is 0.0543. The maximum Gasteiger partial charge on any atom is 0.0745 e. The second kappa shape index (κ2) is 5.83. The number of ether oxygens (including phenoxy) is 1. The van der Waals surface area contributed by atoms with E-state index in [9.17, 15) is 0 Å². The third-order valence-electron chi connectivity index (χ3n) is 3.97. The molecule has 2 aliphatic rings. The Balaban J connectivity index is 1.91. The van der Waals surface area contributed by atoms with Crippen LogP contribution in [0, 0.1) is 5.92 Å². The lowest BCUT2D eigenvalue weighted by Crippen LogP contribution is -2.48. The molecule has 2 fully saturated rings. The van der Waals surface area contributed by atoms with E-state index in [1.54, 1.807) is 0 Å². The topological polar surface area (TPSA) is 47.3 Å². The largest absolute Gasteiger partial charge is 0.377 e. The second-order valence-corrected chi connectivity index (χ2v) is 5.00. The van der Waals surface area contributed by atoms with Gasteiger partial charge in [-0.15, -0.1) is 0 Å². The molecule has 0 aromatic rings. The highest BCUT2D eigenvalue weighted by molar-refractivity contribution is 4.85. The fraction of sp³-hybridized carbons (Fsp3) is 1.00. The SMILES string of the molecule is NNC(C1CCCCCC1)C1CCCO1. The Hall–Kier alpha value is -0.120. The molecule has 88 valence electrons. The van der Waals surface area contributed by atoms with Crippen LogP contribution in [0.25, 0.3) is 0 Å². The molecule has 0 aromatic heterocycles. The van der Waals surface area contributed by atoms with Gasteiger partial charge in [0.05, 0.1) is 12.1 Å². The van der Waals surface area contributed by atoms with Gasteiger partial charge in [0.1, 0.15) is 0 Å². The summed E-state index contributed by atoms with van der Waals surface area (Å²) in [4.78, 5) is 0. The first-order chi connectivity index (χ1) is 7.42. The van der Waals surface area contributed by atoms with Gasteiger partial charge in [-0.25, -0.2) is 0 Å². The van der Waals surface area contributed by atoms with Gasteiger partial charge in [-0.2, -0.15) is 0 Å². The summed E-state index contributed by atoms with van der Waals surface area (Å²) in [7, 11) is 0. The summed E-state index contributed by atoms with van der Waals surface area (Å²) in [6.07, 6.45) is 11.0. The van der Waals surface area contributed by atoms with Gasteiger partial charge in [0.2, 0.25) is 0 Å². The van der Waals surface area contributed by atoms with E-state index in [0.29, 0.717) is 12.1 Å². The first kappa shape index (κ1) is 11.4. The molecule has 1 heterocycles. The van der Waals surface area contributed by atoms with Crippen LogP contribution in [0.4, 0.5) is 0 Å². The molecule has 0 bridgehead atoms. The maximum atomic E-state index is 5.76. The highest BCUT2D eigenvalue weighted by Gasteiger charge is 2.31. The Labute approximate surface area is 92.7 Å². The Kier molecular flexibility index (Phi) is 4.42. The van der Waals surface area contributed by atoms with Gasteiger partial charge >= 0.3 is 0 Å². The van der Waals surface area contributed by atoms with Crippen molar-refractivity contribution in [1.82, 2.24) is 5.43 Å². The zero-order valence-electron chi connectivity index (χ0n) is 9.58. The Morgan fingerprint density at radius 3 is 2.27 bits per heavy atom. The fourth-order valence-electron chi connectivity index (χ4n) is 3.10. The number of hydrogen-bond donors (Lipinski definition) is 2. The molecule has 3 nitrogen and oxygen atoms in total. The minimum atomic E-state index is 0.373. The standard InChI is InChI=1S/C12H24N2O/c13-14-12(11-8-5-9-15-11)10-6-3-1-2-4-7-10/h10-12,14H,1-9,13H2. The average molecular weight is 212 g/mol. The lowest BCUT2D eigenvalue weighted by atomic mass is 9.88. The summed E-state index contributed by atoms with van der Waals surface area (Å²) in [6.45, 7) is 0.926. The molecule has 3 heteroatoms. The first-order valence-corrected chi connectivity index (χ1v) is 6.49. The van der Waals surface area contributed by atoms with E-state index in [0.717, 1.165) is 12.5 Å². The van der Waals surface area contributed by atoms with Crippen LogP contribution in [0.3, 0.4) is 0 Å². The van der Waals surface area contributed by atoms with Gasteiger partial charge in [0.15, 0.2) is 0 Å². The predicted octanol–water partition coefficient (Wildman–Crippen LogP) is 1.97. The van der Waals surface area contributed by atoms with Crippen LogP contribution < -0.4 is 11.3 Å². The summed E-state index contributed by atoms with van der Waals surface area (Å²) in [5.41, 5.74) is 3.02. The molecule has 1 aliphatic heterocycles. The molecule has 0 spiro atoms. The zero-order valence-corrected chi connectivity index (χ0v) is 9.58.